The molecule has 0 saturated heterocycles. The van der Waals surface area contributed by atoms with Crippen molar-refractivity contribution in [1.82, 2.24) is 0 Å². The monoisotopic (exact) mass is 293 g/mol. The van der Waals surface area contributed by atoms with Gasteiger partial charge in [0.05, 0.1) is 0 Å². The zero-order valence-electron chi connectivity index (χ0n) is 13.2. The Morgan fingerprint density at radius 2 is 2.00 bits per heavy atom. The average molecular weight is 293 g/mol. The van der Waals surface area contributed by atoms with E-state index in [4.69, 9.17) is 0 Å². The van der Waals surface area contributed by atoms with E-state index in [2.05, 4.69) is 26.1 Å². The Labute approximate surface area is 125 Å². The molecule has 0 radical (unpaired) electrons. The molecule has 21 heavy (non-hydrogen) atoms. The molecule has 1 aliphatic carbocycles. The van der Waals surface area contributed by atoms with Gasteiger partial charge in [0.1, 0.15) is 11.4 Å². The number of anilines is 1. The second kappa shape index (κ2) is 5.32. The van der Waals surface area contributed by atoms with Gasteiger partial charge in [-0.25, -0.2) is 9.18 Å². The number of benzene rings is 1. The fraction of sp³-hybridized carbons (Fsp3) is 0.588. The van der Waals surface area contributed by atoms with Crippen LogP contribution in [-0.2, 0) is 4.79 Å². The molecule has 0 aliphatic heterocycles. The molecule has 1 aromatic carbocycles. The van der Waals surface area contributed by atoms with E-state index in [-0.39, 0.29) is 11.2 Å². The molecule has 1 aromatic rings. The molecule has 1 fully saturated rings. The molecule has 116 valence electrons. The van der Waals surface area contributed by atoms with Crippen molar-refractivity contribution < 1.29 is 14.3 Å². The fourth-order valence-electron chi connectivity index (χ4n) is 3.97. The van der Waals surface area contributed by atoms with Crippen molar-refractivity contribution in [3.05, 3.63) is 29.6 Å². The third-order valence-corrected chi connectivity index (χ3v) is 4.21. The summed E-state index contributed by atoms with van der Waals surface area (Å²) in [6.07, 6.45) is 2.10. The number of hydrogen-bond acceptors (Lipinski definition) is 2. The number of carboxylic acids is 1. The number of aliphatic carboxylic acids is 1. The zero-order chi connectivity index (χ0) is 15.8. The highest BCUT2D eigenvalue weighted by Crippen LogP contribution is 2.45. The van der Waals surface area contributed by atoms with Gasteiger partial charge in [-0.1, -0.05) is 20.8 Å². The van der Waals surface area contributed by atoms with Gasteiger partial charge in [-0.15, -0.1) is 0 Å². The number of rotatable bonds is 3. The maximum absolute atomic E-state index is 13.5. The summed E-state index contributed by atoms with van der Waals surface area (Å²) in [5, 5.41) is 12.9. The number of halogens is 1. The molecule has 0 amide bonds. The van der Waals surface area contributed by atoms with Gasteiger partial charge in [-0.2, -0.15) is 0 Å². The SMILES string of the molecule is Cc1cc(F)cc(NC2(C(=O)O)CC(C)CC(C)(C)C2)c1. The summed E-state index contributed by atoms with van der Waals surface area (Å²) in [7, 11) is 0. The van der Waals surface area contributed by atoms with Crippen LogP contribution in [0.4, 0.5) is 10.1 Å². The number of hydrogen-bond donors (Lipinski definition) is 2. The number of nitrogens with one attached hydrogen (secondary N) is 1. The summed E-state index contributed by atoms with van der Waals surface area (Å²) in [6, 6.07) is 4.59. The molecule has 2 N–H and O–H groups in total. The Morgan fingerprint density at radius 1 is 1.33 bits per heavy atom. The third kappa shape index (κ3) is 3.55. The van der Waals surface area contributed by atoms with Gasteiger partial charge in [0.2, 0.25) is 0 Å². The minimum absolute atomic E-state index is 0.0502. The van der Waals surface area contributed by atoms with Crippen molar-refractivity contribution in [2.75, 3.05) is 5.32 Å². The lowest BCUT2D eigenvalue weighted by Crippen LogP contribution is -2.53. The predicted octanol–water partition coefficient (Wildman–Crippen LogP) is 4.22. The number of aryl methyl sites for hydroxylation is 1. The molecule has 1 aliphatic rings. The van der Waals surface area contributed by atoms with E-state index in [1.165, 1.54) is 12.1 Å². The smallest absolute Gasteiger partial charge is 0.329 e. The van der Waals surface area contributed by atoms with E-state index in [9.17, 15) is 14.3 Å². The molecular formula is C17H24FNO2. The first-order chi connectivity index (χ1) is 9.62. The van der Waals surface area contributed by atoms with Crippen LogP contribution in [0.2, 0.25) is 0 Å². The van der Waals surface area contributed by atoms with Crippen molar-refractivity contribution in [3.63, 3.8) is 0 Å². The maximum atomic E-state index is 13.5. The first kappa shape index (κ1) is 15.8. The summed E-state index contributed by atoms with van der Waals surface area (Å²) in [5.41, 5.74) is 0.244. The van der Waals surface area contributed by atoms with E-state index in [1.54, 1.807) is 13.0 Å². The van der Waals surface area contributed by atoms with Crippen LogP contribution in [0.15, 0.2) is 18.2 Å². The highest BCUT2D eigenvalue weighted by Gasteiger charge is 2.48. The molecule has 2 unspecified atom stereocenters. The van der Waals surface area contributed by atoms with Crippen molar-refractivity contribution in [2.45, 2.75) is 52.5 Å². The molecule has 2 rings (SSSR count). The molecule has 0 aromatic heterocycles. The van der Waals surface area contributed by atoms with Crippen LogP contribution in [0.25, 0.3) is 0 Å². The van der Waals surface area contributed by atoms with Crippen molar-refractivity contribution in [3.8, 4) is 0 Å². The summed E-state index contributed by atoms with van der Waals surface area (Å²) in [6.45, 7) is 8.07. The van der Waals surface area contributed by atoms with Gasteiger partial charge in [-0.3, -0.25) is 0 Å². The van der Waals surface area contributed by atoms with E-state index in [1.807, 2.05) is 0 Å². The summed E-state index contributed by atoms with van der Waals surface area (Å²) < 4.78 is 13.5. The van der Waals surface area contributed by atoms with Gasteiger partial charge < -0.3 is 10.4 Å². The second-order valence-electron chi connectivity index (χ2n) is 7.38. The standard InChI is InChI=1S/C17H24FNO2/c1-11-5-13(18)7-14(6-11)19-17(15(20)21)9-12(2)8-16(3,4)10-17/h5-7,12,19H,8-10H2,1-4H3,(H,20,21). The third-order valence-electron chi connectivity index (χ3n) is 4.21. The minimum Gasteiger partial charge on any atom is -0.480 e. The molecule has 3 nitrogen and oxygen atoms in total. The largest absolute Gasteiger partial charge is 0.480 e. The van der Waals surface area contributed by atoms with Crippen LogP contribution < -0.4 is 5.32 Å². The molecule has 2 atom stereocenters. The van der Waals surface area contributed by atoms with E-state index in [0.29, 0.717) is 24.4 Å². The molecule has 0 heterocycles. The predicted molar refractivity (Wildman–Crippen MR) is 81.9 cm³/mol. The van der Waals surface area contributed by atoms with Gasteiger partial charge in [0.25, 0.3) is 0 Å². The number of carbonyl (C=O) groups is 1. The minimum atomic E-state index is -1.03. The van der Waals surface area contributed by atoms with Crippen LogP contribution in [0.3, 0.4) is 0 Å². The first-order valence-corrected chi connectivity index (χ1v) is 7.41. The molecular weight excluding hydrogens is 269 g/mol. The lowest BCUT2D eigenvalue weighted by atomic mass is 9.64. The van der Waals surface area contributed by atoms with E-state index >= 15 is 0 Å². The van der Waals surface area contributed by atoms with Gasteiger partial charge in [0, 0.05) is 5.69 Å². The molecule has 4 heteroatoms. The summed E-state index contributed by atoms with van der Waals surface area (Å²) in [5.74, 6) is -0.891. The quantitative estimate of drug-likeness (QED) is 0.877. The highest BCUT2D eigenvalue weighted by molar-refractivity contribution is 5.83. The number of carboxylic acid groups (broad SMARTS) is 1. The van der Waals surface area contributed by atoms with Crippen LogP contribution in [0.5, 0.6) is 0 Å². The average Bonchev–Trinajstić information content (AvgIpc) is 2.23. The molecule has 0 spiro atoms. The van der Waals surface area contributed by atoms with Crippen LogP contribution in [-0.4, -0.2) is 16.6 Å². The Morgan fingerprint density at radius 3 is 2.52 bits per heavy atom. The lowest BCUT2D eigenvalue weighted by Gasteiger charge is -2.46. The summed E-state index contributed by atoms with van der Waals surface area (Å²) >= 11 is 0. The molecule has 1 saturated carbocycles. The van der Waals surface area contributed by atoms with Gasteiger partial charge in [0.15, 0.2) is 0 Å². The maximum Gasteiger partial charge on any atom is 0.329 e. The Bertz CT molecular complexity index is 535. The normalized spacial score (nSPS) is 28.1. The van der Waals surface area contributed by atoms with Crippen LogP contribution >= 0.6 is 0 Å². The van der Waals surface area contributed by atoms with Gasteiger partial charge in [-0.05, 0) is 61.3 Å². The summed E-state index contributed by atoms with van der Waals surface area (Å²) in [4.78, 5) is 11.9. The molecule has 0 bridgehead atoms. The van der Waals surface area contributed by atoms with Crippen molar-refractivity contribution in [2.24, 2.45) is 11.3 Å². The van der Waals surface area contributed by atoms with E-state index in [0.717, 1.165) is 12.0 Å². The Hall–Kier alpha value is -1.58. The lowest BCUT2D eigenvalue weighted by molar-refractivity contribution is -0.145. The fourth-order valence-corrected chi connectivity index (χ4v) is 3.97. The van der Waals surface area contributed by atoms with Crippen molar-refractivity contribution >= 4 is 11.7 Å². The Kier molecular flexibility index (Phi) is 4.00. The zero-order valence-corrected chi connectivity index (χ0v) is 13.2. The Balaban J connectivity index is 2.36. The van der Waals surface area contributed by atoms with Crippen LogP contribution in [0, 0.1) is 24.1 Å². The van der Waals surface area contributed by atoms with E-state index < -0.39 is 11.5 Å². The van der Waals surface area contributed by atoms with Crippen LogP contribution in [0.1, 0.15) is 45.6 Å². The topological polar surface area (TPSA) is 49.3 Å². The van der Waals surface area contributed by atoms with Gasteiger partial charge >= 0.3 is 5.97 Å². The second-order valence-corrected chi connectivity index (χ2v) is 7.38. The van der Waals surface area contributed by atoms with Crippen molar-refractivity contribution in [1.29, 1.82) is 0 Å². The highest BCUT2D eigenvalue weighted by atomic mass is 19.1. The first-order valence-electron chi connectivity index (χ1n) is 7.41.